The maximum absolute atomic E-state index is 13.6. The lowest BCUT2D eigenvalue weighted by atomic mass is 9.97. The van der Waals surface area contributed by atoms with Crippen molar-refractivity contribution in [1.29, 1.82) is 0 Å². The third kappa shape index (κ3) is 4.15. The zero-order valence-electron chi connectivity index (χ0n) is 17.2. The van der Waals surface area contributed by atoms with Gasteiger partial charge < -0.3 is 5.32 Å². The lowest BCUT2D eigenvalue weighted by molar-refractivity contribution is -0.113. The largest absolute Gasteiger partial charge is 0.324 e. The highest BCUT2D eigenvalue weighted by molar-refractivity contribution is 7.99. The van der Waals surface area contributed by atoms with Crippen molar-refractivity contribution in [2.24, 2.45) is 0 Å². The summed E-state index contributed by atoms with van der Waals surface area (Å²) in [5, 5.41) is 4.86. The van der Waals surface area contributed by atoms with Crippen LogP contribution in [0.15, 0.2) is 34.2 Å². The van der Waals surface area contributed by atoms with Gasteiger partial charge >= 0.3 is 0 Å². The van der Waals surface area contributed by atoms with Gasteiger partial charge in [-0.3, -0.25) is 14.2 Å². The molecule has 1 fully saturated rings. The van der Waals surface area contributed by atoms with Gasteiger partial charge in [-0.1, -0.05) is 48.3 Å². The van der Waals surface area contributed by atoms with Crippen LogP contribution in [0.4, 0.5) is 5.69 Å². The van der Waals surface area contributed by atoms with Crippen LogP contribution in [0.3, 0.4) is 0 Å². The van der Waals surface area contributed by atoms with Crippen molar-refractivity contribution in [3.05, 3.63) is 50.1 Å². The summed E-state index contributed by atoms with van der Waals surface area (Å²) in [6, 6.07) is 7.36. The van der Waals surface area contributed by atoms with E-state index in [2.05, 4.69) is 5.32 Å². The minimum absolute atomic E-state index is 0.0883. The lowest BCUT2D eigenvalue weighted by Gasteiger charge is -2.18. The molecule has 0 atom stereocenters. The quantitative estimate of drug-likeness (QED) is 0.373. The highest BCUT2D eigenvalue weighted by atomic mass is 35.5. The molecule has 5 rings (SSSR count). The maximum atomic E-state index is 13.6. The molecular formula is C23H24ClN3O2S2. The Morgan fingerprint density at radius 2 is 1.97 bits per heavy atom. The molecule has 2 heterocycles. The van der Waals surface area contributed by atoms with E-state index in [1.165, 1.54) is 28.6 Å². The third-order valence-electron chi connectivity index (χ3n) is 6.16. The van der Waals surface area contributed by atoms with Crippen LogP contribution in [-0.4, -0.2) is 21.2 Å². The van der Waals surface area contributed by atoms with Gasteiger partial charge in [0.15, 0.2) is 5.16 Å². The zero-order chi connectivity index (χ0) is 21.4. The molecule has 31 heavy (non-hydrogen) atoms. The number of anilines is 1. The van der Waals surface area contributed by atoms with Crippen LogP contribution >= 0.6 is 34.7 Å². The number of nitrogens with one attached hydrogen (secondary N) is 1. The fourth-order valence-electron chi connectivity index (χ4n) is 4.66. The van der Waals surface area contributed by atoms with Crippen molar-refractivity contribution >= 4 is 56.5 Å². The third-order valence-corrected chi connectivity index (χ3v) is 8.63. The monoisotopic (exact) mass is 473 g/mol. The molecule has 1 amide bonds. The number of fused-ring (bicyclic) bond motifs is 3. The summed E-state index contributed by atoms with van der Waals surface area (Å²) in [6.07, 6.45) is 8.60. The number of hydrogen-bond donors (Lipinski definition) is 1. The Balaban J connectivity index is 1.47. The smallest absolute Gasteiger partial charge is 0.263 e. The molecule has 3 aromatic rings. The van der Waals surface area contributed by atoms with Crippen molar-refractivity contribution in [1.82, 2.24) is 9.55 Å². The Labute approximate surface area is 194 Å². The van der Waals surface area contributed by atoms with Crippen LogP contribution in [0, 0.1) is 0 Å². The summed E-state index contributed by atoms with van der Waals surface area (Å²) in [6.45, 7) is 0. The molecule has 162 valence electrons. The topological polar surface area (TPSA) is 64.0 Å². The second kappa shape index (κ2) is 8.96. The molecule has 2 aliphatic rings. The molecule has 2 aliphatic carbocycles. The average Bonchev–Trinajstić information content (AvgIpc) is 3.41. The van der Waals surface area contributed by atoms with Crippen molar-refractivity contribution in [3.63, 3.8) is 0 Å². The Bertz CT molecular complexity index is 1200. The van der Waals surface area contributed by atoms with E-state index in [-0.39, 0.29) is 23.3 Å². The molecule has 0 unspecified atom stereocenters. The van der Waals surface area contributed by atoms with Crippen LogP contribution < -0.4 is 10.9 Å². The van der Waals surface area contributed by atoms with Crippen LogP contribution in [0.5, 0.6) is 0 Å². The SMILES string of the molecule is O=C(CSc1nc2sc3c(c2c(=O)n1C1CCCC1)CCCC3)Nc1ccccc1Cl. The summed E-state index contributed by atoms with van der Waals surface area (Å²) in [7, 11) is 0. The number of halogens is 1. The molecule has 1 aromatic carbocycles. The Hall–Kier alpha value is -1.83. The standard InChI is InChI=1S/C23H24ClN3O2S2/c24-16-10-4-5-11-17(16)25-19(28)13-30-23-26-21-20(15-9-3-6-12-18(15)31-21)22(29)27(23)14-7-1-2-8-14/h4-5,10-11,14H,1-3,6-9,12-13H2,(H,25,28). The Morgan fingerprint density at radius 3 is 2.77 bits per heavy atom. The number of nitrogens with zero attached hydrogens (tertiary/aromatic N) is 2. The molecule has 0 aliphatic heterocycles. The average molecular weight is 474 g/mol. The number of carbonyl (C=O) groups is 1. The van der Waals surface area contributed by atoms with E-state index < -0.39 is 0 Å². The highest BCUT2D eigenvalue weighted by Gasteiger charge is 2.27. The zero-order valence-corrected chi connectivity index (χ0v) is 19.5. The number of rotatable bonds is 5. The highest BCUT2D eigenvalue weighted by Crippen LogP contribution is 2.37. The van der Waals surface area contributed by atoms with Gasteiger partial charge in [0.25, 0.3) is 5.56 Å². The second-order valence-electron chi connectivity index (χ2n) is 8.22. The molecular weight excluding hydrogens is 450 g/mol. The van der Waals surface area contributed by atoms with Gasteiger partial charge in [-0.05, 0) is 56.2 Å². The normalized spacial score (nSPS) is 16.5. The first-order valence-corrected chi connectivity index (χ1v) is 13.0. The van der Waals surface area contributed by atoms with Crippen LogP contribution in [0.2, 0.25) is 5.02 Å². The number of hydrogen-bond acceptors (Lipinski definition) is 5. The predicted molar refractivity (Wildman–Crippen MR) is 129 cm³/mol. The Morgan fingerprint density at radius 1 is 1.19 bits per heavy atom. The number of amides is 1. The number of thiophene rings is 1. The molecule has 0 saturated heterocycles. The molecule has 1 N–H and O–H groups in total. The van der Waals surface area contributed by atoms with Crippen molar-refractivity contribution in [2.45, 2.75) is 62.6 Å². The number of thioether (sulfide) groups is 1. The summed E-state index contributed by atoms with van der Waals surface area (Å²) in [4.78, 5) is 33.3. The Kier molecular flexibility index (Phi) is 6.08. The van der Waals surface area contributed by atoms with Crippen LogP contribution in [0.1, 0.15) is 55.0 Å². The minimum atomic E-state index is -0.157. The van der Waals surface area contributed by atoms with E-state index in [0.29, 0.717) is 15.9 Å². The van der Waals surface area contributed by atoms with E-state index in [0.717, 1.165) is 55.2 Å². The summed E-state index contributed by atoms with van der Waals surface area (Å²) < 4.78 is 1.89. The first kappa shape index (κ1) is 21.0. The van der Waals surface area contributed by atoms with Crippen LogP contribution in [0.25, 0.3) is 10.2 Å². The molecule has 8 heteroatoms. The van der Waals surface area contributed by atoms with Crippen molar-refractivity contribution < 1.29 is 4.79 Å². The number of benzene rings is 1. The summed E-state index contributed by atoms with van der Waals surface area (Å²) >= 11 is 9.16. The molecule has 0 radical (unpaired) electrons. The van der Waals surface area contributed by atoms with Gasteiger partial charge in [-0.15, -0.1) is 11.3 Å². The maximum Gasteiger partial charge on any atom is 0.263 e. The van der Waals surface area contributed by atoms with E-state index >= 15 is 0 Å². The molecule has 5 nitrogen and oxygen atoms in total. The van der Waals surface area contributed by atoms with E-state index in [4.69, 9.17) is 16.6 Å². The van der Waals surface area contributed by atoms with Crippen LogP contribution in [-0.2, 0) is 17.6 Å². The van der Waals surface area contributed by atoms with Gasteiger partial charge in [0.2, 0.25) is 5.91 Å². The fraction of sp³-hybridized carbons (Fsp3) is 0.435. The first-order chi connectivity index (χ1) is 15.1. The molecule has 0 bridgehead atoms. The summed E-state index contributed by atoms with van der Waals surface area (Å²) in [5.74, 6) is 0.0249. The molecule has 2 aromatic heterocycles. The molecule has 1 saturated carbocycles. The summed E-state index contributed by atoms with van der Waals surface area (Å²) in [5.41, 5.74) is 1.91. The van der Waals surface area contributed by atoms with Gasteiger partial charge in [0.1, 0.15) is 4.83 Å². The first-order valence-electron chi connectivity index (χ1n) is 10.9. The van der Waals surface area contributed by atoms with Crippen molar-refractivity contribution in [3.8, 4) is 0 Å². The number of carbonyl (C=O) groups excluding carboxylic acids is 1. The minimum Gasteiger partial charge on any atom is -0.324 e. The van der Waals surface area contributed by atoms with Gasteiger partial charge in [-0.2, -0.15) is 0 Å². The van der Waals surface area contributed by atoms with E-state index in [1.807, 2.05) is 16.7 Å². The molecule has 0 spiro atoms. The second-order valence-corrected chi connectivity index (χ2v) is 10.6. The van der Waals surface area contributed by atoms with E-state index in [1.54, 1.807) is 23.5 Å². The van der Waals surface area contributed by atoms with E-state index in [9.17, 15) is 9.59 Å². The number of aryl methyl sites for hydroxylation is 2. The van der Waals surface area contributed by atoms with Gasteiger partial charge in [0.05, 0.1) is 21.8 Å². The number of para-hydroxylation sites is 1. The number of aromatic nitrogens is 2. The van der Waals surface area contributed by atoms with Gasteiger partial charge in [0, 0.05) is 10.9 Å². The fourth-order valence-corrected chi connectivity index (χ4v) is 7.02. The van der Waals surface area contributed by atoms with Crippen molar-refractivity contribution in [2.75, 3.05) is 11.1 Å². The predicted octanol–water partition coefficient (Wildman–Crippen LogP) is 5.84. The van der Waals surface area contributed by atoms with Gasteiger partial charge in [-0.25, -0.2) is 4.98 Å². The lowest BCUT2D eigenvalue weighted by Crippen LogP contribution is -2.27.